The standard InChI is InChI=1S/C17H14N2O3/c1-19-8-7-11-3-2-4-13(16(11)19)17(20)18-12-5-6-14-15(9-12)22-10-21-14/h2-9H,10H2,1H3,(H,18,20). The van der Waals surface area contributed by atoms with Crippen molar-refractivity contribution in [2.45, 2.75) is 0 Å². The van der Waals surface area contributed by atoms with Gasteiger partial charge in [0.15, 0.2) is 11.5 Å². The summed E-state index contributed by atoms with van der Waals surface area (Å²) in [5.74, 6) is 1.20. The molecule has 2 heterocycles. The Hall–Kier alpha value is -2.95. The van der Waals surface area contributed by atoms with Crippen molar-refractivity contribution in [3.63, 3.8) is 0 Å². The van der Waals surface area contributed by atoms with E-state index in [0.29, 0.717) is 22.7 Å². The number of hydrogen-bond acceptors (Lipinski definition) is 3. The molecule has 110 valence electrons. The number of benzene rings is 2. The quantitative estimate of drug-likeness (QED) is 0.790. The van der Waals surface area contributed by atoms with E-state index in [-0.39, 0.29) is 12.7 Å². The van der Waals surface area contributed by atoms with Gasteiger partial charge >= 0.3 is 0 Å². The topological polar surface area (TPSA) is 52.5 Å². The van der Waals surface area contributed by atoms with Gasteiger partial charge in [-0.25, -0.2) is 0 Å². The van der Waals surface area contributed by atoms with E-state index in [0.717, 1.165) is 10.9 Å². The third-order valence-corrected chi connectivity index (χ3v) is 3.77. The Balaban J connectivity index is 1.68. The van der Waals surface area contributed by atoms with Gasteiger partial charge in [-0.2, -0.15) is 0 Å². The summed E-state index contributed by atoms with van der Waals surface area (Å²) in [6, 6.07) is 13.1. The van der Waals surface area contributed by atoms with Crippen LogP contribution in [0.2, 0.25) is 0 Å². The molecule has 1 aromatic heterocycles. The number of amides is 1. The van der Waals surface area contributed by atoms with Crippen LogP contribution in [0, 0.1) is 0 Å². The molecular weight excluding hydrogens is 280 g/mol. The van der Waals surface area contributed by atoms with Crippen molar-refractivity contribution in [1.82, 2.24) is 4.57 Å². The fourth-order valence-electron chi connectivity index (χ4n) is 2.71. The second-order valence-corrected chi connectivity index (χ2v) is 5.19. The van der Waals surface area contributed by atoms with E-state index in [9.17, 15) is 4.79 Å². The highest BCUT2D eigenvalue weighted by atomic mass is 16.7. The van der Waals surface area contributed by atoms with E-state index in [4.69, 9.17) is 9.47 Å². The molecule has 0 unspecified atom stereocenters. The first-order valence-corrected chi connectivity index (χ1v) is 6.97. The van der Waals surface area contributed by atoms with Gasteiger partial charge in [-0.1, -0.05) is 12.1 Å². The van der Waals surface area contributed by atoms with Crippen LogP contribution in [-0.2, 0) is 7.05 Å². The third kappa shape index (κ3) is 1.98. The molecule has 3 aromatic rings. The lowest BCUT2D eigenvalue weighted by molar-refractivity contribution is 0.102. The molecular formula is C17H14N2O3. The number of ether oxygens (including phenoxy) is 2. The van der Waals surface area contributed by atoms with Crippen molar-refractivity contribution in [3.8, 4) is 11.5 Å². The van der Waals surface area contributed by atoms with Gasteiger partial charge in [0.1, 0.15) is 0 Å². The smallest absolute Gasteiger partial charge is 0.257 e. The lowest BCUT2D eigenvalue weighted by Crippen LogP contribution is -2.13. The average molecular weight is 294 g/mol. The second kappa shape index (κ2) is 4.80. The molecule has 22 heavy (non-hydrogen) atoms. The Morgan fingerprint density at radius 2 is 2.00 bits per heavy atom. The summed E-state index contributed by atoms with van der Waals surface area (Å²) in [6.45, 7) is 0.218. The Kier molecular flexibility index (Phi) is 2.79. The summed E-state index contributed by atoms with van der Waals surface area (Å²) >= 11 is 0. The SMILES string of the molecule is Cn1ccc2cccc(C(=O)Nc3ccc4c(c3)OCO4)c21. The van der Waals surface area contributed by atoms with E-state index in [1.54, 1.807) is 18.2 Å². The number of aryl methyl sites for hydroxylation is 1. The van der Waals surface area contributed by atoms with Crippen molar-refractivity contribution >= 4 is 22.5 Å². The summed E-state index contributed by atoms with van der Waals surface area (Å²) in [7, 11) is 1.93. The molecule has 0 fully saturated rings. The number of carbonyl (C=O) groups excluding carboxylic acids is 1. The zero-order valence-corrected chi connectivity index (χ0v) is 12.0. The van der Waals surface area contributed by atoms with Crippen LogP contribution < -0.4 is 14.8 Å². The predicted molar refractivity (Wildman–Crippen MR) is 83.4 cm³/mol. The molecule has 1 aliphatic heterocycles. The van der Waals surface area contributed by atoms with Crippen LogP contribution in [-0.4, -0.2) is 17.3 Å². The van der Waals surface area contributed by atoms with E-state index in [2.05, 4.69) is 5.32 Å². The summed E-state index contributed by atoms with van der Waals surface area (Å²) in [5, 5.41) is 3.95. The highest BCUT2D eigenvalue weighted by molar-refractivity contribution is 6.12. The number of nitrogens with one attached hydrogen (secondary N) is 1. The van der Waals surface area contributed by atoms with Gasteiger partial charge < -0.3 is 19.4 Å². The molecule has 0 spiro atoms. The van der Waals surface area contributed by atoms with Crippen molar-refractivity contribution < 1.29 is 14.3 Å². The number of nitrogens with zero attached hydrogens (tertiary/aromatic N) is 1. The van der Waals surface area contributed by atoms with Gasteiger partial charge in [-0.15, -0.1) is 0 Å². The molecule has 1 aliphatic rings. The van der Waals surface area contributed by atoms with Crippen molar-refractivity contribution in [2.75, 3.05) is 12.1 Å². The van der Waals surface area contributed by atoms with Crippen LogP contribution in [0.3, 0.4) is 0 Å². The first kappa shape index (κ1) is 12.8. The van der Waals surface area contributed by atoms with Crippen LogP contribution in [0.5, 0.6) is 11.5 Å². The van der Waals surface area contributed by atoms with Crippen molar-refractivity contribution in [3.05, 3.63) is 54.2 Å². The average Bonchev–Trinajstić information content (AvgIpc) is 3.13. The molecule has 1 N–H and O–H groups in total. The first-order valence-electron chi connectivity index (χ1n) is 6.97. The molecule has 4 rings (SSSR count). The predicted octanol–water partition coefficient (Wildman–Crippen LogP) is 3.16. The van der Waals surface area contributed by atoms with Gasteiger partial charge in [0.25, 0.3) is 5.91 Å². The van der Waals surface area contributed by atoms with Gasteiger partial charge in [-0.3, -0.25) is 4.79 Å². The fourth-order valence-corrected chi connectivity index (χ4v) is 2.71. The Morgan fingerprint density at radius 3 is 2.91 bits per heavy atom. The van der Waals surface area contributed by atoms with E-state index in [1.165, 1.54) is 0 Å². The number of rotatable bonds is 2. The summed E-state index contributed by atoms with van der Waals surface area (Å²) < 4.78 is 12.5. The molecule has 2 aromatic carbocycles. The van der Waals surface area contributed by atoms with Crippen LogP contribution in [0.1, 0.15) is 10.4 Å². The lowest BCUT2D eigenvalue weighted by Gasteiger charge is -2.08. The largest absolute Gasteiger partial charge is 0.454 e. The maximum atomic E-state index is 12.6. The van der Waals surface area contributed by atoms with Crippen LogP contribution >= 0.6 is 0 Å². The maximum absolute atomic E-state index is 12.6. The number of hydrogen-bond donors (Lipinski definition) is 1. The number of fused-ring (bicyclic) bond motifs is 2. The Bertz CT molecular complexity index is 883. The maximum Gasteiger partial charge on any atom is 0.257 e. The Labute approximate surface area is 127 Å². The van der Waals surface area contributed by atoms with Crippen molar-refractivity contribution in [1.29, 1.82) is 0 Å². The molecule has 0 radical (unpaired) electrons. The van der Waals surface area contributed by atoms with Gasteiger partial charge in [0.2, 0.25) is 6.79 Å². The first-order chi connectivity index (χ1) is 10.7. The second-order valence-electron chi connectivity index (χ2n) is 5.19. The molecule has 0 saturated heterocycles. The van der Waals surface area contributed by atoms with E-state index >= 15 is 0 Å². The number of anilines is 1. The van der Waals surface area contributed by atoms with Crippen LogP contribution in [0.15, 0.2) is 48.7 Å². The highest BCUT2D eigenvalue weighted by Gasteiger charge is 2.16. The number of carbonyl (C=O) groups is 1. The van der Waals surface area contributed by atoms with E-state index in [1.807, 2.05) is 42.1 Å². The minimum absolute atomic E-state index is 0.147. The molecule has 5 nitrogen and oxygen atoms in total. The summed E-state index contributed by atoms with van der Waals surface area (Å²) in [6.07, 6.45) is 1.95. The fraction of sp³-hybridized carbons (Fsp3) is 0.118. The zero-order chi connectivity index (χ0) is 15.1. The third-order valence-electron chi connectivity index (χ3n) is 3.77. The summed E-state index contributed by atoms with van der Waals surface area (Å²) in [5.41, 5.74) is 2.24. The molecule has 0 saturated carbocycles. The molecule has 0 atom stereocenters. The van der Waals surface area contributed by atoms with Crippen molar-refractivity contribution in [2.24, 2.45) is 7.05 Å². The lowest BCUT2D eigenvalue weighted by atomic mass is 10.1. The van der Waals surface area contributed by atoms with E-state index < -0.39 is 0 Å². The summed E-state index contributed by atoms with van der Waals surface area (Å²) in [4.78, 5) is 12.6. The van der Waals surface area contributed by atoms with Gasteiger partial charge in [0, 0.05) is 30.4 Å². The minimum Gasteiger partial charge on any atom is -0.454 e. The van der Waals surface area contributed by atoms with Crippen LogP contribution in [0.25, 0.3) is 10.9 Å². The molecule has 0 bridgehead atoms. The van der Waals surface area contributed by atoms with Gasteiger partial charge in [0.05, 0.1) is 11.1 Å². The van der Waals surface area contributed by atoms with Crippen LogP contribution in [0.4, 0.5) is 5.69 Å². The molecule has 5 heteroatoms. The number of para-hydroxylation sites is 1. The van der Waals surface area contributed by atoms with Gasteiger partial charge in [-0.05, 0) is 24.3 Å². The minimum atomic E-state index is -0.147. The molecule has 0 aliphatic carbocycles. The number of aromatic nitrogens is 1. The molecule has 1 amide bonds. The zero-order valence-electron chi connectivity index (χ0n) is 12.0. The monoisotopic (exact) mass is 294 g/mol. The highest BCUT2D eigenvalue weighted by Crippen LogP contribution is 2.34. The Morgan fingerprint density at radius 1 is 1.14 bits per heavy atom. The normalized spacial score (nSPS) is 12.6.